The molecule has 0 atom stereocenters. The molecular formula is C20H15N3O5. The fourth-order valence-corrected chi connectivity index (χ4v) is 2.86. The van der Waals surface area contributed by atoms with E-state index < -0.39 is 17.8 Å². The van der Waals surface area contributed by atoms with Crippen LogP contribution in [0.2, 0.25) is 0 Å². The number of methoxy groups -OCH3 is 1. The van der Waals surface area contributed by atoms with E-state index in [2.05, 4.69) is 4.98 Å². The number of rotatable bonds is 5. The zero-order valence-corrected chi connectivity index (χ0v) is 14.9. The van der Waals surface area contributed by atoms with E-state index in [-0.39, 0.29) is 18.1 Å². The van der Waals surface area contributed by atoms with Crippen LogP contribution in [0.3, 0.4) is 0 Å². The summed E-state index contributed by atoms with van der Waals surface area (Å²) < 4.78 is 10.7. The lowest BCUT2D eigenvalue weighted by Gasteiger charge is -2.14. The molecule has 0 N–H and O–H groups in total. The lowest BCUT2D eigenvalue weighted by Crippen LogP contribution is -2.33. The minimum atomic E-state index is -0.930. The number of carbonyl (C=O) groups is 3. The molecule has 4 rings (SSSR count). The Labute approximate surface area is 159 Å². The number of urea groups is 1. The molecule has 2 aromatic carbocycles. The molecular weight excluding hydrogens is 362 g/mol. The van der Waals surface area contributed by atoms with Crippen molar-refractivity contribution in [3.63, 3.8) is 0 Å². The number of imide groups is 2. The SMILES string of the molecule is COc1ccc(N2C(=O)C(=O)N(Cc3ncc(-c4ccccc4)o3)C2=O)cc1. The van der Waals surface area contributed by atoms with E-state index in [1.54, 1.807) is 12.1 Å². The smallest absolute Gasteiger partial charge is 0.339 e. The molecule has 1 aliphatic rings. The molecule has 140 valence electrons. The summed E-state index contributed by atoms with van der Waals surface area (Å²) in [5.41, 5.74) is 1.10. The highest BCUT2D eigenvalue weighted by atomic mass is 16.5. The summed E-state index contributed by atoms with van der Waals surface area (Å²) in [6.45, 7) is -0.233. The predicted octanol–water partition coefficient (Wildman–Crippen LogP) is 2.85. The Hall–Kier alpha value is -3.94. The highest BCUT2D eigenvalue weighted by Crippen LogP contribution is 2.26. The van der Waals surface area contributed by atoms with Gasteiger partial charge in [0.15, 0.2) is 5.76 Å². The van der Waals surface area contributed by atoms with Gasteiger partial charge in [-0.25, -0.2) is 19.6 Å². The summed E-state index contributed by atoms with van der Waals surface area (Å²) in [5, 5.41) is 0. The van der Waals surface area contributed by atoms with Crippen LogP contribution < -0.4 is 9.64 Å². The zero-order chi connectivity index (χ0) is 19.7. The van der Waals surface area contributed by atoms with Crippen LogP contribution in [-0.4, -0.2) is 34.8 Å². The van der Waals surface area contributed by atoms with Crippen LogP contribution in [0.15, 0.2) is 65.2 Å². The summed E-state index contributed by atoms with van der Waals surface area (Å²) in [6.07, 6.45) is 1.51. The van der Waals surface area contributed by atoms with Crippen molar-refractivity contribution in [2.24, 2.45) is 0 Å². The molecule has 0 saturated carbocycles. The van der Waals surface area contributed by atoms with Gasteiger partial charge in [0, 0.05) is 5.56 Å². The Bertz CT molecular complexity index is 1040. The number of hydrogen-bond donors (Lipinski definition) is 0. The van der Waals surface area contributed by atoms with Crippen molar-refractivity contribution in [2.75, 3.05) is 12.0 Å². The van der Waals surface area contributed by atoms with Gasteiger partial charge in [-0.15, -0.1) is 0 Å². The van der Waals surface area contributed by atoms with Crippen LogP contribution in [0.1, 0.15) is 5.89 Å². The van der Waals surface area contributed by atoms with E-state index in [0.717, 1.165) is 15.4 Å². The number of nitrogens with zero attached hydrogens (tertiary/aromatic N) is 3. The van der Waals surface area contributed by atoms with Crippen LogP contribution in [0, 0.1) is 0 Å². The molecule has 1 aromatic heterocycles. The number of oxazole rings is 1. The normalized spacial score (nSPS) is 14.1. The third kappa shape index (κ3) is 3.01. The van der Waals surface area contributed by atoms with E-state index >= 15 is 0 Å². The molecule has 8 nitrogen and oxygen atoms in total. The van der Waals surface area contributed by atoms with E-state index in [0.29, 0.717) is 11.5 Å². The average molecular weight is 377 g/mol. The Morgan fingerprint density at radius 2 is 1.68 bits per heavy atom. The van der Waals surface area contributed by atoms with E-state index in [4.69, 9.17) is 9.15 Å². The first-order valence-corrected chi connectivity index (χ1v) is 8.42. The van der Waals surface area contributed by atoms with E-state index in [9.17, 15) is 14.4 Å². The van der Waals surface area contributed by atoms with Crippen LogP contribution >= 0.6 is 0 Å². The van der Waals surface area contributed by atoms with Crippen molar-refractivity contribution >= 4 is 23.5 Å². The van der Waals surface area contributed by atoms with Gasteiger partial charge in [0.25, 0.3) is 0 Å². The van der Waals surface area contributed by atoms with Gasteiger partial charge in [0.2, 0.25) is 5.89 Å². The molecule has 1 aliphatic heterocycles. The minimum Gasteiger partial charge on any atom is -0.497 e. The maximum Gasteiger partial charge on any atom is 0.339 e. The third-order valence-corrected chi connectivity index (χ3v) is 4.29. The van der Waals surface area contributed by atoms with E-state index in [1.165, 1.54) is 25.4 Å². The highest BCUT2D eigenvalue weighted by Gasteiger charge is 2.45. The first-order valence-electron chi connectivity index (χ1n) is 8.42. The molecule has 28 heavy (non-hydrogen) atoms. The largest absolute Gasteiger partial charge is 0.497 e. The van der Waals surface area contributed by atoms with Crippen molar-refractivity contribution in [1.29, 1.82) is 0 Å². The van der Waals surface area contributed by atoms with Gasteiger partial charge < -0.3 is 9.15 Å². The second kappa shape index (κ2) is 6.99. The van der Waals surface area contributed by atoms with Crippen molar-refractivity contribution in [2.45, 2.75) is 6.54 Å². The molecule has 4 amide bonds. The maximum absolute atomic E-state index is 12.7. The molecule has 0 bridgehead atoms. The summed E-state index contributed by atoms with van der Waals surface area (Å²) in [6, 6.07) is 14.8. The van der Waals surface area contributed by atoms with Crippen molar-refractivity contribution in [1.82, 2.24) is 9.88 Å². The van der Waals surface area contributed by atoms with Crippen LogP contribution in [0.5, 0.6) is 5.75 Å². The van der Waals surface area contributed by atoms with Gasteiger partial charge in [-0.3, -0.25) is 9.59 Å². The zero-order valence-electron chi connectivity index (χ0n) is 14.9. The quantitative estimate of drug-likeness (QED) is 0.501. The van der Waals surface area contributed by atoms with Crippen molar-refractivity contribution < 1.29 is 23.5 Å². The monoisotopic (exact) mass is 377 g/mol. The lowest BCUT2D eigenvalue weighted by molar-refractivity contribution is -0.139. The third-order valence-electron chi connectivity index (χ3n) is 4.29. The minimum absolute atomic E-state index is 0.157. The van der Waals surface area contributed by atoms with Gasteiger partial charge in [-0.2, -0.15) is 0 Å². The Kier molecular flexibility index (Phi) is 4.36. The maximum atomic E-state index is 12.7. The Balaban J connectivity index is 1.55. The van der Waals surface area contributed by atoms with Crippen molar-refractivity contribution in [3.8, 4) is 17.1 Å². The van der Waals surface area contributed by atoms with Gasteiger partial charge >= 0.3 is 17.8 Å². The molecule has 0 unspecified atom stereocenters. The molecule has 0 radical (unpaired) electrons. The number of anilines is 1. The summed E-state index contributed by atoms with van der Waals surface area (Å²) >= 11 is 0. The Morgan fingerprint density at radius 3 is 2.36 bits per heavy atom. The second-order valence-corrected chi connectivity index (χ2v) is 6.00. The predicted molar refractivity (Wildman–Crippen MR) is 98.4 cm³/mol. The van der Waals surface area contributed by atoms with Gasteiger partial charge in [-0.05, 0) is 24.3 Å². The highest BCUT2D eigenvalue weighted by molar-refractivity contribution is 6.52. The number of benzene rings is 2. The number of carbonyl (C=O) groups excluding carboxylic acids is 3. The number of hydrogen-bond acceptors (Lipinski definition) is 6. The molecule has 0 aliphatic carbocycles. The molecule has 1 saturated heterocycles. The first-order chi connectivity index (χ1) is 13.6. The molecule has 1 fully saturated rings. The topological polar surface area (TPSA) is 92.9 Å². The average Bonchev–Trinajstić information content (AvgIpc) is 3.28. The molecule has 2 heterocycles. The fourth-order valence-electron chi connectivity index (χ4n) is 2.86. The second-order valence-electron chi connectivity index (χ2n) is 6.00. The van der Waals surface area contributed by atoms with E-state index in [1.807, 2.05) is 30.3 Å². The van der Waals surface area contributed by atoms with Crippen molar-refractivity contribution in [3.05, 3.63) is 66.7 Å². The lowest BCUT2D eigenvalue weighted by atomic mass is 10.2. The fraction of sp³-hybridized carbons (Fsp3) is 0.100. The standard InChI is InChI=1S/C20H15N3O5/c1-27-15-9-7-14(8-10-15)23-19(25)18(24)22(20(23)26)12-17-21-11-16(28-17)13-5-3-2-4-6-13/h2-11H,12H2,1H3. The Morgan fingerprint density at radius 1 is 0.964 bits per heavy atom. The van der Waals surface area contributed by atoms with Crippen LogP contribution in [0.4, 0.5) is 10.5 Å². The molecule has 0 spiro atoms. The van der Waals surface area contributed by atoms with Crippen LogP contribution in [0.25, 0.3) is 11.3 Å². The van der Waals surface area contributed by atoms with Gasteiger partial charge in [-0.1, -0.05) is 30.3 Å². The summed E-state index contributed by atoms with van der Waals surface area (Å²) in [5.74, 6) is -0.623. The summed E-state index contributed by atoms with van der Waals surface area (Å²) in [4.78, 5) is 43.1. The number of ether oxygens (including phenoxy) is 1. The number of amides is 4. The van der Waals surface area contributed by atoms with Crippen LogP contribution in [-0.2, 0) is 16.1 Å². The first kappa shape index (κ1) is 17.5. The van der Waals surface area contributed by atoms with Gasteiger partial charge in [0.05, 0.1) is 19.0 Å². The molecule has 3 aromatic rings. The van der Waals surface area contributed by atoms with Gasteiger partial charge in [0.1, 0.15) is 12.3 Å². The molecule has 8 heteroatoms. The number of aromatic nitrogens is 1. The summed E-state index contributed by atoms with van der Waals surface area (Å²) in [7, 11) is 1.51.